The van der Waals surface area contributed by atoms with Crippen molar-refractivity contribution in [3.8, 4) is 0 Å². The molecular formula is C3H7NO5. The van der Waals surface area contributed by atoms with Gasteiger partial charge in [-0.3, -0.25) is 4.89 Å². The van der Waals surface area contributed by atoms with Crippen molar-refractivity contribution >= 4 is 11.9 Å². The van der Waals surface area contributed by atoms with Crippen LogP contribution in [-0.2, 0) is 19.4 Å². The molecule has 0 atom stereocenters. The molecule has 0 amide bonds. The zero-order valence-electron chi connectivity index (χ0n) is 4.79. The van der Waals surface area contributed by atoms with Crippen molar-refractivity contribution < 1.29 is 24.5 Å². The van der Waals surface area contributed by atoms with E-state index in [0.717, 1.165) is 7.11 Å². The van der Waals surface area contributed by atoms with Gasteiger partial charge in [-0.25, -0.2) is 9.59 Å². The minimum absolute atomic E-state index is 0. The fraction of sp³-hybridized carbons (Fsp3) is 0.333. The van der Waals surface area contributed by atoms with Gasteiger partial charge in [-0.1, -0.05) is 0 Å². The van der Waals surface area contributed by atoms with E-state index in [0.29, 0.717) is 0 Å². The number of hydrogen-bond donors (Lipinski definition) is 2. The third-order valence-corrected chi connectivity index (χ3v) is 0.334. The maximum atomic E-state index is 9.80. The predicted molar refractivity (Wildman–Crippen MR) is 25.8 cm³/mol. The van der Waals surface area contributed by atoms with Crippen LogP contribution >= 0.6 is 0 Å². The van der Waals surface area contributed by atoms with Gasteiger partial charge < -0.3 is 11.3 Å². The van der Waals surface area contributed by atoms with Crippen molar-refractivity contribution in [3.05, 3.63) is 0 Å². The summed E-state index contributed by atoms with van der Waals surface area (Å²) in [4.78, 5) is 26.6. The highest BCUT2D eigenvalue weighted by atomic mass is 17.2. The summed E-state index contributed by atoms with van der Waals surface area (Å²) >= 11 is 0. The number of aliphatic carboxylic acids is 1. The van der Waals surface area contributed by atoms with E-state index < -0.39 is 11.9 Å². The van der Waals surface area contributed by atoms with Crippen LogP contribution in [0.15, 0.2) is 0 Å². The van der Waals surface area contributed by atoms with Gasteiger partial charge in [-0.05, 0) is 0 Å². The molecule has 0 aromatic heterocycles. The normalized spacial score (nSPS) is 7.22. The average molecular weight is 137 g/mol. The lowest BCUT2D eigenvalue weighted by Crippen LogP contribution is -2.15. The van der Waals surface area contributed by atoms with Gasteiger partial charge in [0.05, 0.1) is 7.11 Å². The molecule has 0 aromatic carbocycles. The Balaban J connectivity index is 0. The van der Waals surface area contributed by atoms with Crippen LogP contribution in [0, 0.1) is 0 Å². The summed E-state index contributed by atoms with van der Waals surface area (Å²) in [5.41, 5.74) is 0. The molecule has 0 spiro atoms. The lowest BCUT2D eigenvalue weighted by atomic mass is 10.7. The summed E-state index contributed by atoms with van der Waals surface area (Å²) in [5, 5.41) is 7.76. The summed E-state index contributed by atoms with van der Waals surface area (Å²) in [6, 6.07) is 0. The number of carbonyl (C=O) groups is 2. The molecule has 0 saturated carbocycles. The van der Waals surface area contributed by atoms with Crippen LogP contribution in [0.3, 0.4) is 0 Å². The quantitative estimate of drug-likeness (QED) is 0.282. The Morgan fingerprint density at radius 1 is 1.44 bits per heavy atom. The fourth-order valence-corrected chi connectivity index (χ4v) is 0.111. The molecule has 4 N–H and O–H groups in total. The first-order valence-corrected chi connectivity index (χ1v) is 1.66. The van der Waals surface area contributed by atoms with E-state index in [1.54, 1.807) is 0 Å². The first-order valence-electron chi connectivity index (χ1n) is 1.66. The molecule has 54 valence electrons. The smallest absolute Gasteiger partial charge is 0.449 e. The number of carboxylic acids is 1. The minimum atomic E-state index is -1.67. The second kappa shape index (κ2) is 5.01. The zero-order chi connectivity index (χ0) is 6.57. The van der Waals surface area contributed by atoms with Crippen LogP contribution in [0.25, 0.3) is 0 Å². The van der Waals surface area contributed by atoms with Crippen LogP contribution in [0.2, 0.25) is 0 Å². The molecule has 0 rings (SSSR count). The summed E-state index contributed by atoms with van der Waals surface area (Å²) in [6.45, 7) is 0. The molecule has 0 saturated heterocycles. The van der Waals surface area contributed by atoms with Crippen LogP contribution in [0.5, 0.6) is 0 Å². The van der Waals surface area contributed by atoms with Crippen molar-refractivity contribution in [2.24, 2.45) is 0 Å². The summed E-state index contributed by atoms with van der Waals surface area (Å²) in [6.07, 6.45) is 0. The van der Waals surface area contributed by atoms with Crippen molar-refractivity contribution in [2.75, 3.05) is 7.11 Å². The van der Waals surface area contributed by atoms with Gasteiger partial charge in [-0.2, -0.15) is 4.89 Å². The Morgan fingerprint density at radius 3 is 2.00 bits per heavy atom. The van der Waals surface area contributed by atoms with Gasteiger partial charge >= 0.3 is 11.9 Å². The van der Waals surface area contributed by atoms with Crippen molar-refractivity contribution in [3.63, 3.8) is 0 Å². The number of carboxylic acid groups (broad SMARTS) is 1. The first kappa shape index (κ1) is 10.8. The maximum Gasteiger partial charge on any atom is 0.449 e. The number of carbonyl (C=O) groups excluding carboxylic acids is 1. The lowest BCUT2D eigenvalue weighted by molar-refractivity contribution is -0.255. The molecule has 0 fully saturated rings. The molecule has 0 unspecified atom stereocenters. The topological polar surface area (TPSA) is 108 Å². The average Bonchev–Trinajstić information content (AvgIpc) is 1.67. The Morgan fingerprint density at radius 2 is 1.89 bits per heavy atom. The van der Waals surface area contributed by atoms with E-state index >= 15 is 0 Å². The van der Waals surface area contributed by atoms with E-state index in [4.69, 9.17) is 5.11 Å². The Bertz CT molecular complexity index is 111. The van der Waals surface area contributed by atoms with Gasteiger partial charge in [0.25, 0.3) is 0 Å². The maximum absolute atomic E-state index is 9.80. The third kappa shape index (κ3) is 4.72. The van der Waals surface area contributed by atoms with Crippen LogP contribution in [0.4, 0.5) is 0 Å². The minimum Gasteiger partial charge on any atom is -0.473 e. The molecule has 0 aliphatic carbocycles. The zero-order valence-corrected chi connectivity index (χ0v) is 4.79. The third-order valence-electron chi connectivity index (χ3n) is 0.334. The molecule has 0 aliphatic rings. The van der Waals surface area contributed by atoms with Gasteiger partial charge in [0.15, 0.2) is 0 Å². The van der Waals surface area contributed by atoms with E-state index in [1.807, 2.05) is 0 Å². The molecule has 6 nitrogen and oxygen atoms in total. The highest BCUT2D eigenvalue weighted by Gasteiger charge is 2.12. The van der Waals surface area contributed by atoms with Gasteiger partial charge in [0.1, 0.15) is 0 Å². The van der Waals surface area contributed by atoms with Crippen LogP contribution in [-0.4, -0.2) is 24.2 Å². The Labute approximate surface area is 50.9 Å². The molecule has 0 aliphatic heterocycles. The molecule has 0 aromatic rings. The highest BCUT2D eigenvalue weighted by Crippen LogP contribution is 1.74. The molecule has 0 radical (unpaired) electrons. The van der Waals surface area contributed by atoms with Crippen molar-refractivity contribution in [1.82, 2.24) is 6.15 Å². The van der Waals surface area contributed by atoms with Crippen LogP contribution < -0.4 is 6.15 Å². The van der Waals surface area contributed by atoms with E-state index in [-0.39, 0.29) is 6.15 Å². The molecule has 0 bridgehead atoms. The second-order valence-corrected chi connectivity index (χ2v) is 0.843. The predicted octanol–water partition coefficient (Wildman–Crippen LogP) is -0.662. The molecule has 9 heavy (non-hydrogen) atoms. The molecule has 0 heterocycles. The Hall–Kier alpha value is -1.14. The van der Waals surface area contributed by atoms with Gasteiger partial charge in [0.2, 0.25) is 0 Å². The summed E-state index contributed by atoms with van der Waals surface area (Å²) < 4.78 is 0. The Kier molecular flexibility index (Phi) is 5.99. The highest BCUT2D eigenvalue weighted by molar-refractivity contribution is 6.28. The van der Waals surface area contributed by atoms with Crippen molar-refractivity contribution in [1.29, 1.82) is 0 Å². The standard InChI is InChI=1S/C3H4O5.H3N/c1-7-8-3(6)2(4)5;/h1H3,(H,4,5);1H3. The van der Waals surface area contributed by atoms with Crippen LogP contribution in [0.1, 0.15) is 0 Å². The second-order valence-electron chi connectivity index (χ2n) is 0.843. The van der Waals surface area contributed by atoms with E-state index in [2.05, 4.69) is 9.78 Å². The monoisotopic (exact) mass is 137 g/mol. The summed E-state index contributed by atoms with van der Waals surface area (Å²) in [5.74, 6) is -3.10. The van der Waals surface area contributed by atoms with E-state index in [1.165, 1.54) is 0 Å². The summed E-state index contributed by atoms with van der Waals surface area (Å²) in [7, 11) is 1.04. The fourth-order valence-electron chi connectivity index (χ4n) is 0.111. The molecule has 6 heteroatoms. The first-order chi connectivity index (χ1) is 3.68. The lowest BCUT2D eigenvalue weighted by Gasteiger charge is -1.90. The SMILES string of the molecule is COOC(=O)C(=O)O.N. The number of rotatable bonds is 1. The van der Waals surface area contributed by atoms with Gasteiger partial charge in [-0.15, -0.1) is 0 Å². The van der Waals surface area contributed by atoms with Crippen molar-refractivity contribution in [2.45, 2.75) is 0 Å². The largest absolute Gasteiger partial charge is 0.473 e. The van der Waals surface area contributed by atoms with E-state index in [9.17, 15) is 9.59 Å². The van der Waals surface area contributed by atoms with Gasteiger partial charge in [0, 0.05) is 0 Å². The number of hydrogen-bond acceptors (Lipinski definition) is 5. The molecular weight excluding hydrogens is 130 g/mol.